The number of amidine groups is 1. The van der Waals surface area contributed by atoms with Crippen LogP contribution in [0.5, 0.6) is 0 Å². The number of nitrogens with zero attached hydrogens (tertiary/aromatic N) is 3. The zero-order valence-corrected chi connectivity index (χ0v) is 19.3. The van der Waals surface area contributed by atoms with Gasteiger partial charge in [0.15, 0.2) is 5.66 Å². The number of halogens is 1. The van der Waals surface area contributed by atoms with Crippen LogP contribution in [-0.2, 0) is 10.4 Å². The largest absolute Gasteiger partial charge is 0.384 e. The van der Waals surface area contributed by atoms with Gasteiger partial charge < -0.3 is 15.6 Å². The Hall–Kier alpha value is -2.95. The van der Waals surface area contributed by atoms with E-state index < -0.39 is 17.1 Å². The van der Waals surface area contributed by atoms with Crippen LogP contribution < -0.4 is 5.73 Å². The van der Waals surface area contributed by atoms with Crippen molar-refractivity contribution in [2.75, 3.05) is 0 Å². The number of rotatable bonds is 5. The molecule has 1 aliphatic heterocycles. The van der Waals surface area contributed by atoms with Gasteiger partial charge in [0, 0.05) is 11.5 Å². The van der Waals surface area contributed by atoms with Crippen molar-refractivity contribution in [3.05, 3.63) is 58.9 Å². The summed E-state index contributed by atoms with van der Waals surface area (Å²) in [6, 6.07) is 12.1. The monoisotopic (exact) mass is 454 g/mol. The van der Waals surface area contributed by atoms with Crippen LogP contribution in [0.1, 0.15) is 49.3 Å². The summed E-state index contributed by atoms with van der Waals surface area (Å²) in [5.74, 6) is -0.0666. The lowest BCUT2D eigenvalue weighted by atomic mass is 9.73. The Bertz CT molecular complexity index is 1190. The van der Waals surface area contributed by atoms with Crippen LogP contribution >= 0.6 is 0 Å². The number of nitrogens with two attached hydrogens (primary N) is 1. The fourth-order valence-electron chi connectivity index (χ4n) is 4.99. The lowest BCUT2D eigenvalue weighted by Crippen LogP contribution is -2.41. The topological polar surface area (TPSA) is 104 Å². The molecule has 4 rings (SSSR count). The molecule has 1 aliphatic carbocycles. The number of hydrogen-bond donors (Lipinski definition) is 2. The third-order valence-electron chi connectivity index (χ3n) is 6.59. The Kier molecular flexibility index (Phi) is 6.41. The highest BCUT2D eigenvalue weighted by Gasteiger charge is 2.46. The minimum absolute atomic E-state index is 0.0168. The van der Waals surface area contributed by atoms with Crippen molar-refractivity contribution in [2.45, 2.75) is 56.9 Å². The summed E-state index contributed by atoms with van der Waals surface area (Å²) in [6.45, 7) is 3.82. The van der Waals surface area contributed by atoms with E-state index in [1.54, 1.807) is 6.07 Å². The second-order valence-corrected chi connectivity index (χ2v) is 9.13. The van der Waals surface area contributed by atoms with Gasteiger partial charge in [-0.25, -0.2) is 9.38 Å². The van der Waals surface area contributed by atoms with E-state index >= 15 is 0 Å². The molecule has 1 atom stereocenters. The Morgan fingerprint density at radius 2 is 1.82 bits per heavy atom. The molecular weight excluding hydrogens is 429 g/mol. The molecule has 0 aromatic heterocycles. The average Bonchev–Trinajstić information content (AvgIpc) is 3.08. The normalized spacial score (nSPS) is 24.9. The minimum atomic E-state index is -2.17. The summed E-state index contributed by atoms with van der Waals surface area (Å²) < 4.78 is 19.5. The molecule has 170 valence electrons. The van der Waals surface area contributed by atoms with Crippen LogP contribution in [0.15, 0.2) is 46.4 Å². The molecule has 34 heavy (non-hydrogen) atoms. The average molecular weight is 454 g/mol. The molecule has 0 bridgehead atoms. The number of nitriles is 1. The Morgan fingerprint density at radius 1 is 1.12 bits per heavy atom. The smallest absolute Gasteiger partial charge is 0.181 e. The van der Waals surface area contributed by atoms with E-state index in [0.29, 0.717) is 42.8 Å². The first-order valence-electron chi connectivity index (χ1n) is 11.2. The fourth-order valence-corrected chi connectivity index (χ4v) is 4.99. The highest BCUT2D eigenvalue weighted by atomic mass is 19.1. The fraction of sp³-hybridized carbons (Fsp3) is 0.400. The number of aryl methyl sites for hydroxylation is 1. The summed E-state index contributed by atoms with van der Waals surface area (Å²) in [6.07, 6.45) is 2.39. The van der Waals surface area contributed by atoms with Crippen molar-refractivity contribution in [3.63, 3.8) is 0 Å². The van der Waals surface area contributed by atoms with Gasteiger partial charge in [0.25, 0.3) is 0 Å². The van der Waals surface area contributed by atoms with Crippen LogP contribution in [0.4, 0.5) is 4.39 Å². The van der Waals surface area contributed by atoms with E-state index in [2.05, 4.69) is 0 Å². The van der Waals surface area contributed by atoms with Gasteiger partial charge in [0.05, 0.1) is 29.0 Å². The molecule has 1 unspecified atom stereocenters. The first-order chi connectivity index (χ1) is 16.0. The van der Waals surface area contributed by atoms with Gasteiger partial charge in [0.2, 0.25) is 0 Å². The van der Waals surface area contributed by atoms with Gasteiger partial charge in [-0.15, -0.1) is 0 Å². The molecule has 9 heteroatoms. The first-order valence-corrected chi connectivity index (χ1v) is 11.2. The molecule has 2 aliphatic rings. The molecule has 6 nitrogen and oxygen atoms in total. The number of hydrogen-bond acceptors (Lipinski definition) is 6. The third-order valence-corrected chi connectivity index (χ3v) is 6.59. The van der Waals surface area contributed by atoms with E-state index in [0.717, 1.165) is 16.7 Å². The third kappa shape index (κ3) is 4.79. The van der Waals surface area contributed by atoms with Crippen LogP contribution in [0, 0.1) is 30.0 Å². The van der Waals surface area contributed by atoms with Crippen LogP contribution in [0.2, 0.25) is 0 Å². The van der Waals surface area contributed by atoms with Crippen LogP contribution in [0.25, 0.3) is 11.1 Å². The molecule has 0 spiro atoms. The molecule has 0 amide bonds. The summed E-state index contributed by atoms with van der Waals surface area (Å²) in [4.78, 5) is 9.83. The molecule has 1 saturated carbocycles. The summed E-state index contributed by atoms with van der Waals surface area (Å²) in [7, 11) is 10.8. The molecule has 2 aromatic rings. The van der Waals surface area contributed by atoms with Crippen LogP contribution in [-0.4, -0.2) is 44.0 Å². The Labute approximate surface area is 201 Å². The van der Waals surface area contributed by atoms with E-state index in [1.165, 1.54) is 12.1 Å². The molecular formula is C25H25B2FN4O2. The van der Waals surface area contributed by atoms with Crippen molar-refractivity contribution < 1.29 is 14.2 Å². The molecule has 4 radical (unpaired) electrons. The lowest BCUT2D eigenvalue weighted by Gasteiger charge is -2.40. The van der Waals surface area contributed by atoms with Crippen molar-refractivity contribution in [3.8, 4) is 17.2 Å². The standard InChI is InChI=1S/C25H25B2FN4O2/c1-14-3-4-17(18-9-16(13-29)10-20(28)11-18)12-22(14)24(31-15(2)23(30)32-24)19-5-7-21(8-6-19)34-25(26,27)33/h3-4,9-12,19,21,33H,5-8H2,1-2H3,(H2,30,32). The predicted molar refractivity (Wildman–Crippen MR) is 131 cm³/mol. The van der Waals surface area contributed by atoms with Crippen LogP contribution in [0.3, 0.4) is 0 Å². The van der Waals surface area contributed by atoms with Gasteiger partial charge in [-0.3, -0.25) is 4.99 Å². The Balaban J connectivity index is 1.75. The van der Waals surface area contributed by atoms with Gasteiger partial charge in [-0.05, 0) is 80.5 Å². The van der Waals surface area contributed by atoms with Crippen molar-refractivity contribution in [1.82, 2.24) is 0 Å². The number of aliphatic hydroxyl groups is 1. The number of ether oxygens (including phenoxy) is 1. The van der Waals surface area contributed by atoms with Gasteiger partial charge in [-0.2, -0.15) is 5.26 Å². The SMILES string of the molecule is [B]C([B])(O)OC1CCC(C2(c3cc(-c4cc(F)cc(C#N)c4)ccc3C)N=C(C)C(N)=N2)CC1. The quantitative estimate of drug-likeness (QED) is 0.535. The van der Waals surface area contributed by atoms with E-state index in [-0.39, 0.29) is 17.6 Å². The minimum Gasteiger partial charge on any atom is -0.384 e. The van der Waals surface area contributed by atoms with E-state index in [4.69, 9.17) is 36.1 Å². The molecule has 1 fully saturated rings. The summed E-state index contributed by atoms with van der Waals surface area (Å²) in [5, 5.41) is 18.9. The second kappa shape index (κ2) is 9.01. The highest BCUT2D eigenvalue weighted by Crippen LogP contribution is 2.48. The highest BCUT2D eigenvalue weighted by molar-refractivity contribution is 6.41. The number of aliphatic imine (C=N–C) groups is 2. The Morgan fingerprint density at radius 3 is 2.41 bits per heavy atom. The maximum atomic E-state index is 14.1. The molecule has 0 saturated heterocycles. The first kappa shape index (κ1) is 24.2. The predicted octanol–water partition coefficient (Wildman–Crippen LogP) is 3.17. The maximum Gasteiger partial charge on any atom is 0.181 e. The molecule has 3 N–H and O–H groups in total. The number of benzene rings is 2. The van der Waals surface area contributed by atoms with Crippen molar-refractivity contribution >= 4 is 27.2 Å². The van der Waals surface area contributed by atoms with Gasteiger partial charge >= 0.3 is 0 Å². The second-order valence-electron chi connectivity index (χ2n) is 9.13. The van der Waals surface area contributed by atoms with E-state index in [1.807, 2.05) is 38.1 Å². The van der Waals surface area contributed by atoms with Crippen molar-refractivity contribution in [2.24, 2.45) is 21.6 Å². The molecule has 1 heterocycles. The zero-order chi connectivity index (χ0) is 24.7. The van der Waals surface area contributed by atoms with E-state index in [9.17, 15) is 14.8 Å². The summed E-state index contributed by atoms with van der Waals surface area (Å²) in [5.41, 5.74) is 7.26. The van der Waals surface area contributed by atoms with Gasteiger partial charge in [0.1, 0.15) is 27.3 Å². The lowest BCUT2D eigenvalue weighted by molar-refractivity contribution is -0.129. The molecule has 2 aromatic carbocycles. The maximum absolute atomic E-state index is 14.1. The van der Waals surface area contributed by atoms with Crippen molar-refractivity contribution in [1.29, 1.82) is 5.26 Å². The summed E-state index contributed by atoms with van der Waals surface area (Å²) >= 11 is 0. The zero-order valence-electron chi connectivity index (χ0n) is 19.3. The van der Waals surface area contributed by atoms with Gasteiger partial charge in [-0.1, -0.05) is 12.1 Å².